The van der Waals surface area contributed by atoms with E-state index in [2.05, 4.69) is 20.6 Å². The van der Waals surface area contributed by atoms with E-state index in [9.17, 15) is 20.4 Å². The molecule has 1 aliphatic rings. The Morgan fingerprint density at radius 1 is 1.07 bits per heavy atom. The molecule has 2 rings (SSSR count). The molecule has 0 bridgehead atoms. The summed E-state index contributed by atoms with van der Waals surface area (Å²) in [4.78, 5) is 0. The van der Waals surface area contributed by atoms with Gasteiger partial charge in [0.25, 0.3) is 0 Å². The molecule has 0 aromatic carbocycles. The second-order valence-electron chi connectivity index (χ2n) is 3.21. The standard InChI is InChI=1S/C6H10N4O5/c11-1-2(12)4(5-7-9-10-8-5)15-6(14)3(1)13/h1-4,6,11-14H,(H,7,8,9,10)/t1-,2-,3+,4?,6-/m0/s1. The fourth-order valence-electron chi connectivity index (χ4n) is 1.37. The van der Waals surface area contributed by atoms with Gasteiger partial charge < -0.3 is 25.2 Å². The van der Waals surface area contributed by atoms with Gasteiger partial charge in [-0.3, -0.25) is 0 Å². The average Bonchev–Trinajstić information content (AvgIpc) is 2.73. The van der Waals surface area contributed by atoms with Crippen LogP contribution in [0, 0.1) is 0 Å². The Bertz CT molecular complexity index is 319. The maximum absolute atomic E-state index is 9.54. The van der Waals surface area contributed by atoms with Gasteiger partial charge >= 0.3 is 0 Å². The van der Waals surface area contributed by atoms with E-state index in [1.807, 2.05) is 0 Å². The number of tetrazole rings is 1. The Morgan fingerprint density at radius 3 is 2.40 bits per heavy atom. The van der Waals surface area contributed by atoms with Gasteiger partial charge in [-0.1, -0.05) is 0 Å². The zero-order valence-corrected chi connectivity index (χ0v) is 7.43. The molecule has 15 heavy (non-hydrogen) atoms. The number of aromatic nitrogens is 4. The van der Waals surface area contributed by atoms with Gasteiger partial charge in [0.15, 0.2) is 18.2 Å². The van der Waals surface area contributed by atoms with Crippen molar-refractivity contribution in [1.82, 2.24) is 20.6 Å². The third-order valence-electron chi connectivity index (χ3n) is 2.22. The van der Waals surface area contributed by atoms with E-state index >= 15 is 0 Å². The number of nitrogens with one attached hydrogen (secondary N) is 1. The summed E-state index contributed by atoms with van der Waals surface area (Å²) in [5, 5.41) is 49.6. The van der Waals surface area contributed by atoms with Crippen LogP contribution in [0.15, 0.2) is 0 Å². The van der Waals surface area contributed by atoms with Crippen molar-refractivity contribution in [2.45, 2.75) is 30.7 Å². The summed E-state index contributed by atoms with van der Waals surface area (Å²) in [5.41, 5.74) is 0. The molecule has 5 N–H and O–H groups in total. The van der Waals surface area contributed by atoms with Gasteiger partial charge in [-0.15, -0.1) is 5.10 Å². The Hall–Kier alpha value is -1.13. The predicted molar refractivity (Wildman–Crippen MR) is 42.0 cm³/mol. The van der Waals surface area contributed by atoms with Crippen LogP contribution in [0.3, 0.4) is 0 Å². The second-order valence-corrected chi connectivity index (χ2v) is 3.21. The van der Waals surface area contributed by atoms with Crippen molar-refractivity contribution in [3.05, 3.63) is 5.82 Å². The highest BCUT2D eigenvalue weighted by atomic mass is 16.6. The lowest BCUT2D eigenvalue weighted by Gasteiger charge is -2.36. The number of aliphatic hydroxyl groups excluding tert-OH is 4. The molecule has 9 nitrogen and oxygen atoms in total. The number of H-pyrrole nitrogens is 1. The van der Waals surface area contributed by atoms with Gasteiger partial charge in [0, 0.05) is 0 Å². The monoisotopic (exact) mass is 218 g/mol. The summed E-state index contributed by atoms with van der Waals surface area (Å²) in [6, 6.07) is 0. The molecule has 5 atom stereocenters. The topological polar surface area (TPSA) is 145 Å². The first-order valence-corrected chi connectivity index (χ1v) is 4.22. The number of aliphatic hydroxyl groups is 4. The summed E-state index contributed by atoms with van der Waals surface area (Å²) in [6.45, 7) is 0. The third-order valence-corrected chi connectivity index (χ3v) is 2.22. The first-order valence-electron chi connectivity index (χ1n) is 4.22. The lowest BCUT2D eigenvalue weighted by Crippen LogP contribution is -2.54. The maximum atomic E-state index is 9.54. The highest BCUT2D eigenvalue weighted by molar-refractivity contribution is 4.97. The predicted octanol–water partition coefficient (Wildman–Crippen LogP) is -3.33. The minimum absolute atomic E-state index is 0.0625. The molecule has 0 amide bonds. The first kappa shape index (κ1) is 10.4. The molecule has 0 saturated carbocycles. The van der Waals surface area contributed by atoms with E-state index < -0.39 is 30.7 Å². The molecule has 1 fully saturated rings. The van der Waals surface area contributed by atoms with Crippen LogP contribution in [-0.4, -0.2) is 65.7 Å². The summed E-state index contributed by atoms with van der Waals surface area (Å²) in [7, 11) is 0. The molecule has 1 aromatic heterocycles. The Kier molecular flexibility index (Phi) is 2.63. The normalized spacial score (nSPS) is 41.7. The minimum Gasteiger partial charge on any atom is -0.387 e. The van der Waals surface area contributed by atoms with Crippen LogP contribution >= 0.6 is 0 Å². The number of ether oxygens (including phenoxy) is 1. The van der Waals surface area contributed by atoms with E-state index in [4.69, 9.17) is 4.74 Å². The fourth-order valence-corrected chi connectivity index (χ4v) is 1.37. The molecule has 9 heteroatoms. The molecule has 1 aliphatic heterocycles. The minimum atomic E-state index is -1.60. The van der Waals surface area contributed by atoms with Crippen LogP contribution < -0.4 is 0 Å². The van der Waals surface area contributed by atoms with Crippen molar-refractivity contribution < 1.29 is 25.2 Å². The molecule has 0 radical (unpaired) electrons. The molecule has 0 spiro atoms. The van der Waals surface area contributed by atoms with Crippen LogP contribution in [0.1, 0.15) is 11.9 Å². The summed E-state index contributed by atoms with van der Waals surface area (Å²) >= 11 is 0. The van der Waals surface area contributed by atoms with Crippen molar-refractivity contribution >= 4 is 0 Å². The number of rotatable bonds is 1. The Balaban J connectivity index is 2.20. The van der Waals surface area contributed by atoms with Crippen LogP contribution in [0.2, 0.25) is 0 Å². The van der Waals surface area contributed by atoms with Gasteiger partial charge in [0.1, 0.15) is 18.3 Å². The van der Waals surface area contributed by atoms with Gasteiger partial charge in [0.05, 0.1) is 0 Å². The van der Waals surface area contributed by atoms with Crippen LogP contribution in [0.5, 0.6) is 0 Å². The van der Waals surface area contributed by atoms with Crippen molar-refractivity contribution in [3.8, 4) is 0 Å². The lowest BCUT2D eigenvalue weighted by molar-refractivity contribution is -0.285. The van der Waals surface area contributed by atoms with Crippen LogP contribution in [0.25, 0.3) is 0 Å². The molecule has 84 valence electrons. The smallest absolute Gasteiger partial charge is 0.184 e. The summed E-state index contributed by atoms with van der Waals surface area (Å²) in [6.07, 6.45) is -7.21. The van der Waals surface area contributed by atoms with E-state index in [0.717, 1.165) is 0 Å². The number of aromatic amines is 1. The Morgan fingerprint density at radius 2 is 1.80 bits per heavy atom. The van der Waals surface area contributed by atoms with Gasteiger partial charge in [-0.25, -0.2) is 5.10 Å². The van der Waals surface area contributed by atoms with E-state index in [1.54, 1.807) is 0 Å². The molecular formula is C6H10N4O5. The van der Waals surface area contributed by atoms with Gasteiger partial charge in [-0.05, 0) is 10.4 Å². The molecular weight excluding hydrogens is 208 g/mol. The first-order chi connectivity index (χ1) is 7.11. The fraction of sp³-hybridized carbons (Fsp3) is 0.833. The van der Waals surface area contributed by atoms with Crippen LogP contribution in [-0.2, 0) is 4.74 Å². The average molecular weight is 218 g/mol. The highest BCUT2D eigenvalue weighted by Crippen LogP contribution is 2.28. The number of hydrogen-bond acceptors (Lipinski definition) is 8. The van der Waals surface area contributed by atoms with E-state index in [-0.39, 0.29) is 5.82 Å². The van der Waals surface area contributed by atoms with Crippen molar-refractivity contribution in [3.63, 3.8) is 0 Å². The maximum Gasteiger partial charge on any atom is 0.184 e. The summed E-state index contributed by atoms with van der Waals surface area (Å²) < 4.78 is 4.85. The Labute approximate surface area is 83.3 Å². The van der Waals surface area contributed by atoms with E-state index in [1.165, 1.54) is 0 Å². The SMILES string of the molecule is O[C@@H]1[C@@H](O)[C@@H](O)OC(c2nnn[nH]2)[C@H]1O. The molecule has 2 heterocycles. The number of hydrogen-bond donors (Lipinski definition) is 5. The quantitative estimate of drug-likeness (QED) is 0.329. The lowest BCUT2D eigenvalue weighted by atomic mass is 9.99. The molecule has 1 saturated heterocycles. The highest BCUT2D eigenvalue weighted by Gasteiger charge is 2.44. The molecule has 1 unspecified atom stereocenters. The van der Waals surface area contributed by atoms with Gasteiger partial charge in [-0.2, -0.15) is 0 Å². The molecule has 0 aliphatic carbocycles. The zero-order chi connectivity index (χ0) is 11.0. The number of nitrogens with zero attached hydrogens (tertiary/aromatic N) is 3. The second kappa shape index (κ2) is 3.79. The van der Waals surface area contributed by atoms with Crippen molar-refractivity contribution in [1.29, 1.82) is 0 Å². The molecule has 1 aromatic rings. The van der Waals surface area contributed by atoms with Crippen molar-refractivity contribution in [2.24, 2.45) is 0 Å². The largest absolute Gasteiger partial charge is 0.387 e. The van der Waals surface area contributed by atoms with Gasteiger partial charge in [0.2, 0.25) is 0 Å². The van der Waals surface area contributed by atoms with Crippen molar-refractivity contribution in [2.75, 3.05) is 0 Å². The van der Waals surface area contributed by atoms with Crippen LogP contribution in [0.4, 0.5) is 0 Å². The summed E-state index contributed by atoms with van der Waals surface area (Å²) in [5.74, 6) is 0.0625. The van der Waals surface area contributed by atoms with E-state index in [0.29, 0.717) is 0 Å². The third kappa shape index (κ3) is 1.70. The zero-order valence-electron chi connectivity index (χ0n) is 7.43.